The number of nitrogens with zero attached hydrogens (tertiary/aromatic N) is 1. The molecule has 2 rings (SSSR count). The first kappa shape index (κ1) is 15.0. The van der Waals surface area contributed by atoms with Gasteiger partial charge in [0.15, 0.2) is 4.33 Å². The van der Waals surface area contributed by atoms with E-state index in [-0.39, 0.29) is 17.7 Å². The van der Waals surface area contributed by atoms with Crippen LogP contribution in [0.2, 0.25) is 0 Å². The molecule has 0 aromatic heterocycles. The number of likely N-dealkylation sites (tertiary alicyclic amines) is 1. The summed E-state index contributed by atoms with van der Waals surface area (Å²) in [5, 5.41) is 0. The second-order valence-corrected chi connectivity index (χ2v) is 6.73. The first-order valence-electron chi connectivity index (χ1n) is 6.24. The summed E-state index contributed by atoms with van der Waals surface area (Å²) in [5.41, 5.74) is 1.07. The van der Waals surface area contributed by atoms with Crippen molar-refractivity contribution in [1.29, 1.82) is 0 Å². The Morgan fingerprint density at radius 2 is 1.95 bits per heavy atom. The van der Waals surface area contributed by atoms with Crippen molar-refractivity contribution in [3.63, 3.8) is 0 Å². The van der Waals surface area contributed by atoms with Crippen LogP contribution in [-0.4, -0.2) is 27.6 Å². The minimum atomic E-state index is -1.42. The van der Waals surface area contributed by atoms with Crippen molar-refractivity contribution in [3.05, 3.63) is 35.9 Å². The maximum Gasteiger partial charge on any atom is 0.259 e. The maximum absolute atomic E-state index is 12.4. The number of benzene rings is 1. The third kappa shape index (κ3) is 3.01. The van der Waals surface area contributed by atoms with E-state index in [2.05, 4.69) is 0 Å². The van der Waals surface area contributed by atoms with Crippen molar-refractivity contribution in [2.24, 2.45) is 11.8 Å². The Morgan fingerprint density at radius 1 is 1.32 bits per heavy atom. The summed E-state index contributed by atoms with van der Waals surface area (Å²) in [7, 11) is 0. The summed E-state index contributed by atoms with van der Waals surface area (Å²) < 4.78 is -1.42. The summed E-state index contributed by atoms with van der Waals surface area (Å²) in [5.74, 6) is 0.00777. The first-order chi connectivity index (χ1) is 8.96. The maximum atomic E-state index is 12.4. The summed E-state index contributed by atoms with van der Waals surface area (Å²) in [6.45, 7) is 3.18. The van der Waals surface area contributed by atoms with Gasteiger partial charge in [0.05, 0.1) is 0 Å². The lowest BCUT2D eigenvalue weighted by Gasteiger charge is -2.43. The molecule has 2 nitrogen and oxygen atoms in total. The van der Waals surface area contributed by atoms with Gasteiger partial charge in [0, 0.05) is 24.9 Å². The highest BCUT2D eigenvalue weighted by molar-refractivity contribution is 6.58. The average molecular weight is 321 g/mol. The van der Waals surface area contributed by atoms with Gasteiger partial charge in [-0.25, -0.2) is 0 Å². The SMILES string of the molecule is C[C@H]1CN(Cc2ccccc2)C(=O)C(Cl)(Cl)[C@@H]1CCl. The molecule has 0 spiro atoms. The minimum absolute atomic E-state index is 0.175. The molecule has 19 heavy (non-hydrogen) atoms. The van der Waals surface area contributed by atoms with Gasteiger partial charge in [-0.05, 0) is 11.5 Å². The van der Waals surface area contributed by atoms with Crippen molar-refractivity contribution < 1.29 is 4.79 Å². The second-order valence-electron chi connectivity index (χ2n) is 5.03. The van der Waals surface area contributed by atoms with Crippen LogP contribution in [-0.2, 0) is 11.3 Å². The van der Waals surface area contributed by atoms with Crippen LogP contribution in [0.1, 0.15) is 12.5 Å². The molecule has 0 bridgehead atoms. The fraction of sp³-hybridized carbons (Fsp3) is 0.500. The van der Waals surface area contributed by atoms with Crippen molar-refractivity contribution in [2.45, 2.75) is 17.8 Å². The van der Waals surface area contributed by atoms with Crippen LogP contribution < -0.4 is 0 Å². The molecule has 1 aromatic carbocycles. The number of piperidine rings is 1. The van der Waals surface area contributed by atoms with E-state index in [1.54, 1.807) is 4.90 Å². The van der Waals surface area contributed by atoms with E-state index < -0.39 is 4.33 Å². The standard InChI is InChI=1S/C14H16Cl3NO/c1-10-8-18(9-11-5-3-2-4-6-11)13(19)14(16,17)12(10)7-15/h2-6,10,12H,7-9H2,1H3/t10-,12+/m0/s1. The summed E-state index contributed by atoms with van der Waals surface area (Å²) >= 11 is 18.4. The predicted molar refractivity (Wildman–Crippen MR) is 79.7 cm³/mol. The van der Waals surface area contributed by atoms with Crippen molar-refractivity contribution in [1.82, 2.24) is 4.90 Å². The van der Waals surface area contributed by atoms with Gasteiger partial charge in [-0.2, -0.15) is 0 Å². The zero-order chi connectivity index (χ0) is 14.0. The van der Waals surface area contributed by atoms with E-state index in [1.165, 1.54) is 0 Å². The van der Waals surface area contributed by atoms with Crippen LogP contribution in [0.15, 0.2) is 30.3 Å². The predicted octanol–water partition coefficient (Wildman–Crippen LogP) is 3.69. The van der Waals surface area contributed by atoms with Gasteiger partial charge < -0.3 is 4.90 Å². The molecule has 104 valence electrons. The normalized spacial score (nSPS) is 26.5. The molecule has 0 N–H and O–H groups in total. The number of carbonyl (C=O) groups is 1. The molecule has 1 saturated heterocycles. The van der Waals surface area contributed by atoms with E-state index in [0.717, 1.165) is 5.56 Å². The molecular formula is C14H16Cl3NO. The molecule has 1 fully saturated rings. The Balaban J connectivity index is 2.18. The van der Waals surface area contributed by atoms with E-state index >= 15 is 0 Å². The van der Waals surface area contributed by atoms with Gasteiger partial charge >= 0.3 is 0 Å². The van der Waals surface area contributed by atoms with Crippen LogP contribution in [0.5, 0.6) is 0 Å². The molecule has 0 unspecified atom stereocenters. The van der Waals surface area contributed by atoms with Crippen molar-refractivity contribution in [3.8, 4) is 0 Å². The van der Waals surface area contributed by atoms with Crippen LogP contribution in [0.3, 0.4) is 0 Å². The first-order valence-corrected chi connectivity index (χ1v) is 7.53. The lowest BCUT2D eigenvalue weighted by atomic mass is 9.87. The number of amides is 1. The number of hydrogen-bond acceptors (Lipinski definition) is 1. The molecule has 0 saturated carbocycles. The van der Waals surface area contributed by atoms with Crippen LogP contribution in [0.25, 0.3) is 0 Å². The fourth-order valence-corrected chi connectivity index (χ4v) is 3.99. The summed E-state index contributed by atoms with van der Waals surface area (Å²) in [6, 6.07) is 9.80. The lowest BCUT2D eigenvalue weighted by molar-refractivity contribution is -0.138. The van der Waals surface area contributed by atoms with E-state index in [4.69, 9.17) is 34.8 Å². The average Bonchev–Trinajstić information content (AvgIpc) is 2.37. The van der Waals surface area contributed by atoms with Gasteiger partial charge in [-0.1, -0.05) is 60.5 Å². The zero-order valence-corrected chi connectivity index (χ0v) is 12.9. The summed E-state index contributed by atoms with van der Waals surface area (Å²) in [4.78, 5) is 14.1. The molecule has 1 aromatic rings. The molecular weight excluding hydrogens is 305 g/mol. The van der Waals surface area contributed by atoms with E-state index in [0.29, 0.717) is 19.0 Å². The molecule has 5 heteroatoms. The zero-order valence-electron chi connectivity index (χ0n) is 10.7. The quantitative estimate of drug-likeness (QED) is 0.778. The van der Waals surface area contributed by atoms with E-state index in [9.17, 15) is 4.79 Å². The third-order valence-corrected chi connectivity index (χ3v) is 4.83. The van der Waals surface area contributed by atoms with Gasteiger partial charge in [-0.3, -0.25) is 4.79 Å². The highest BCUT2D eigenvalue weighted by Gasteiger charge is 2.50. The van der Waals surface area contributed by atoms with E-state index in [1.807, 2.05) is 37.3 Å². The number of alkyl halides is 3. The van der Waals surface area contributed by atoms with Gasteiger partial charge in [0.2, 0.25) is 0 Å². The van der Waals surface area contributed by atoms with Crippen LogP contribution in [0.4, 0.5) is 0 Å². The molecule has 1 aliphatic heterocycles. The minimum Gasteiger partial charge on any atom is -0.335 e. The molecule has 1 aliphatic rings. The van der Waals surface area contributed by atoms with Gasteiger partial charge in [-0.15, -0.1) is 11.6 Å². The Morgan fingerprint density at radius 3 is 2.53 bits per heavy atom. The topological polar surface area (TPSA) is 20.3 Å². The Labute approximate surface area is 128 Å². The highest BCUT2D eigenvalue weighted by atomic mass is 35.5. The number of carbonyl (C=O) groups excluding carboxylic acids is 1. The number of hydrogen-bond donors (Lipinski definition) is 0. The van der Waals surface area contributed by atoms with Crippen molar-refractivity contribution >= 4 is 40.7 Å². The fourth-order valence-electron chi connectivity index (χ4n) is 2.47. The smallest absolute Gasteiger partial charge is 0.259 e. The monoisotopic (exact) mass is 319 g/mol. The molecule has 1 amide bonds. The summed E-state index contributed by atoms with van der Waals surface area (Å²) in [6.07, 6.45) is 0. The van der Waals surface area contributed by atoms with Crippen LogP contribution >= 0.6 is 34.8 Å². The molecule has 2 atom stereocenters. The molecule has 0 radical (unpaired) electrons. The van der Waals surface area contributed by atoms with Crippen molar-refractivity contribution in [2.75, 3.05) is 12.4 Å². The largest absolute Gasteiger partial charge is 0.335 e. The molecule has 0 aliphatic carbocycles. The Hall–Kier alpha value is -0.440. The lowest BCUT2D eigenvalue weighted by Crippen LogP contribution is -2.56. The molecule has 1 heterocycles. The highest BCUT2D eigenvalue weighted by Crippen LogP contribution is 2.42. The third-order valence-electron chi connectivity index (χ3n) is 3.62. The number of rotatable bonds is 3. The Kier molecular flexibility index (Phi) is 4.65. The Bertz CT molecular complexity index is 449. The van der Waals surface area contributed by atoms with Gasteiger partial charge in [0.25, 0.3) is 5.91 Å². The van der Waals surface area contributed by atoms with Crippen LogP contribution in [0, 0.1) is 11.8 Å². The van der Waals surface area contributed by atoms with Gasteiger partial charge in [0.1, 0.15) is 0 Å². The second kappa shape index (κ2) is 5.90. The number of halogens is 3.